The van der Waals surface area contributed by atoms with Crippen molar-refractivity contribution in [1.82, 2.24) is 0 Å². The maximum atomic E-state index is 11.3. The maximum absolute atomic E-state index is 11.3. The van der Waals surface area contributed by atoms with E-state index in [0.29, 0.717) is 12.8 Å². The average molecular weight is 519 g/mol. The molecule has 0 aromatic carbocycles. The van der Waals surface area contributed by atoms with Gasteiger partial charge in [-0.2, -0.15) is 0 Å². The van der Waals surface area contributed by atoms with Crippen LogP contribution in [0.4, 0.5) is 0 Å². The van der Waals surface area contributed by atoms with E-state index >= 15 is 0 Å². The molecule has 0 rings (SSSR count). The van der Waals surface area contributed by atoms with E-state index in [1.165, 1.54) is 89.9 Å². The molecule has 0 saturated carbocycles. The van der Waals surface area contributed by atoms with Crippen LogP contribution in [0.25, 0.3) is 0 Å². The molecule has 0 aromatic heterocycles. The summed E-state index contributed by atoms with van der Waals surface area (Å²) in [6.07, 6.45) is 17.5. The van der Waals surface area contributed by atoms with Gasteiger partial charge in [0.2, 0.25) is 0 Å². The molecule has 0 amide bonds. The van der Waals surface area contributed by atoms with E-state index in [-0.39, 0.29) is 0 Å². The van der Waals surface area contributed by atoms with Crippen molar-refractivity contribution in [2.24, 2.45) is 0 Å². The van der Waals surface area contributed by atoms with Crippen molar-refractivity contribution >= 4 is 0 Å². The Morgan fingerprint density at radius 1 is 0.472 bits per heavy atom. The van der Waals surface area contributed by atoms with Crippen molar-refractivity contribution in [1.29, 1.82) is 0 Å². The van der Waals surface area contributed by atoms with Gasteiger partial charge in [-0.3, -0.25) is 0 Å². The summed E-state index contributed by atoms with van der Waals surface area (Å²) < 4.78 is 0. The molecule has 0 saturated heterocycles. The molecule has 0 heterocycles. The lowest BCUT2D eigenvalue weighted by molar-refractivity contribution is -0.178. The van der Waals surface area contributed by atoms with Crippen LogP contribution in [0.5, 0.6) is 0 Å². The Kier molecular flexibility index (Phi) is 23.7. The van der Waals surface area contributed by atoms with Crippen LogP contribution in [0.2, 0.25) is 0 Å². The Morgan fingerprint density at radius 3 is 1.08 bits per heavy atom. The highest BCUT2D eigenvalue weighted by Gasteiger charge is 2.43. The van der Waals surface area contributed by atoms with Crippen LogP contribution in [0, 0.1) is 0 Å². The second-order valence-corrected chi connectivity index (χ2v) is 11.1. The maximum Gasteiger partial charge on any atom is 0.111 e. The summed E-state index contributed by atoms with van der Waals surface area (Å²) in [7, 11) is 0. The molecule has 0 fully saturated rings. The molecule has 0 aromatic rings. The molecule has 0 aliphatic heterocycles. The Morgan fingerprint density at radius 2 is 0.778 bits per heavy atom. The van der Waals surface area contributed by atoms with Crippen molar-refractivity contribution < 1.29 is 30.6 Å². The van der Waals surface area contributed by atoms with E-state index in [4.69, 9.17) is 5.11 Å². The average Bonchev–Trinajstić information content (AvgIpc) is 2.89. The third-order valence-electron chi connectivity index (χ3n) is 7.73. The third kappa shape index (κ3) is 17.3. The lowest BCUT2D eigenvalue weighted by atomic mass is 9.81. The lowest BCUT2D eigenvalue weighted by Crippen LogP contribution is -2.56. The van der Waals surface area contributed by atoms with Crippen LogP contribution < -0.4 is 0 Å². The monoisotopic (exact) mass is 518 g/mol. The van der Waals surface area contributed by atoms with E-state index in [0.717, 1.165) is 38.5 Å². The Hall–Kier alpha value is -0.240. The Balaban J connectivity index is 4.49. The predicted molar refractivity (Wildman–Crippen MR) is 149 cm³/mol. The van der Waals surface area contributed by atoms with Crippen molar-refractivity contribution in [3.05, 3.63) is 0 Å². The topological polar surface area (TPSA) is 121 Å². The fourth-order valence-corrected chi connectivity index (χ4v) is 5.10. The number of rotatable bonds is 27. The van der Waals surface area contributed by atoms with Gasteiger partial charge in [0.15, 0.2) is 0 Å². The van der Waals surface area contributed by atoms with Crippen LogP contribution in [0.15, 0.2) is 0 Å². The largest absolute Gasteiger partial charge is 0.394 e. The van der Waals surface area contributed by atoms with E-state index in [1.807, 2.05) is 0 Å². The minimum Gasteiger partial charge on any atom is -0.394 e. The van der Waals surface area contributed by atoms with Gasteiger partial charge in [0, 0.05) is 0 Å². The van der Waals surface area contributed by atoms with Gasteiger partial charge in [0.25, 0.3) is 0 Å². The summed E-state index contributed by atoms with van der Waals surface area (Å²) in [6, 6.07) is 0. The van der Waals surface area contributed by atoms with Gasteiger partial charge < -0.3 is 30.6 Å². The van der Waals surface area contributed by atoms with Gasteiger partial charge in [-0.15, -0.1) is 0 Å². The van der Waals surface area contributed by atoms with Crippen molar-refractivity contribution in [3.63, 3.8) is 0 Å². The second kappa shape index (κ2) is 23.8. The number of aliphatic hydroxyl groups is 6. The number of hydrogen-bond donors (Lipinski definition) is 6. The fourth-order valence-electron chi connectivity index (χ4n) is 5.10. The van der Waals surface area contributed by atoms with Crippen LogP contribution in [0.1, 0.15) is 155 Å². The van der Waals surface area contributed by atoms with Gasteiger partial charge in [0.05, 0.1) is 12.2 Å². The first-order valence-electron chi connectivity index (χ1n) is 15.4. The summed E-state index contributed by atoms with van der Waals surface area (Å²) in [5.41, 5.74) is -1.52. The molecule has 6 N–H and O–H groups in total. The molecule has 218 valence electrons. The first-order chi connectivity index (χ1) is 17.3. The molecule has 0 bridgehead atoms. The first kappa shape index (κ1) is 35.8. The summed E-state index contributed by atoms with van der Waals surface area (Å²) in [5, 5.41) is 61.4. The normalized spacial score (nSPS) is 15.7. The minimum atomic E-state index is -1.72. The zero-order valence-corrected chi connectivity index (χ0v) is 23.8. The number of aliphatic hydroxyl groups excluding tert-OH is 5. The molecule has 4 atom stereocenters. The summed E-state index contributed by atoms with van der Waals surface area (Å²) >= 11 is 0. The lowest BCUT2D eigenvalue weighted by Gasteiger charge is -2.38. The van der Waals surface area contributed by atoms with E-state index < -0.39 is 36.6 Å². The highest BCUT2D eigenvalue weighted by molar-refractivity contribution is 4.94. The molecular weight excluding hydrogens is 456 g/mol. The predicted octanol–water partition coefficient (Wildman–Crippen LogP) is 5.78. The third-order valence-corrected chi connectivity index (χ3v) is 7.73. The molecule has 0 aliphatic rings. The highest BCUT2D eigenvalue weighted by Crippen LogP contribution is 2.30. The van der Waals surface area contributed by atoms with Crippen molar-refractivity contribution in [2.75, 3.05) is 6.61 Å². The zero-order chi connectivity index (χ0) is 27.1. The van der Waals surface area contributed by atoms with Gasteiger partial charge in [-0.1, -0.05) is 142 Å². The zero-order valence-electron chi connectivity index (χ0n) is 23.8. The minimum absolute atomic E-state index is 0.348. The molecule has 6 heteroatoms. The van der Waals surface area contributed by atoms with Gasteiger partial charge in [-0.25, -0.2) is 0 Å². The summed E-state index contributed by atoms with van der Waals surface area (Å²) in [4.78, 5) is 0. The molecule has 0 radical (unpaired) electrons. The highest BCUT2D eigenvalue weighted by atomic mass is 16.4. The fraction of sp³-hybridized carbons (Fsp3) is 1.00. The second-order valence-electron chi connectivity index (χ2n) is 11.1. The smallest absolute Gasteiger partial charge is 0.111 e. The molecule has 0 aliphatic carbocycles. The van der Waals surface area contributed by atoms with Gasteiger partial charge in [-0.05, 0) is 12.8 Å². The Labute approximate surface area is 222 Å². The van der Waals surface area contributed by atoms with Crippen LogP contribution in [-0.4, -0.2) is 67.3 Å². The number of hydrogen-bond acceptors (Lipinski definition) is 6. The Bertz CT molecular complexity index is 437. The standard InChI is InChI=1S/C30H62O6/c1-3-5-7-9-11-13-15-17-19-21-23-30(36,29(35)28(34)27(33)26(32)25-31)24-22-20-18-16-14-12-10-8-6-4-2/h26-29,31-36H,3-25H2,1-2H3/t26-,27-,28+,29+/m1/s1. The van der Waals surface area contributed by atoms with Gasteiger partial charge >= 0.3 is 0 Å². The summed E-state index contributed by atoms with van der Waals surface area (Å²) in [5.74, 6) is 0. The van der Waals surface area contributed by atoms with Crippen LogP contribution in [-0.2, 0) is 0 Å². The van der Waals surface area contributed by atoms with E-state index in [1.54, 1.807) is 0 Å². The van der Waals surface area contributed by atoms with Crippen molar-refractivity contribution in [2.45, 2.75) is 185 Å². The first-order valence-corrected chi connectivity index (χ1v) is 15.4. The quantitative estimate of drug-likeness (QED) is 0.0767. The van der Waals surface area contributed by atoms with Crippen LogP contribution >= 0.6 is 0 Å². The van der Waals surface area contributed by atoms with Gasteiger partial charge in [0.1, 0.15) is 24.4 Å². The van der Waals surface area contributed by atoms with Crippen LogP contribution in [0.3, 0.4) is 0 Å². The molecular formula is C30H62O6. The SMILES string of the molecule is CCCCCCCCCCCCC(O)(CCCCCCCCCCCC)[C@@H](O)[C@@H](O)[C@H](O)[C@H](O)CO. The molecule has 0 unspecified atom stereocenters. The van der Waals surface area contributed by atoms with Crippen molar-refractivity contribution in [3.8, 4) is 0 Å². The van der Waals surface area contributed by atoms with E-state index in [2.05, 4.69) is 13.8 Å². The summed E-state index contributed by atoms with van der Waals surface area (Å²) in [6.45, 7) is 3.73. The molecule has 6 nitrogen and oxygen atoms in total. The molecule has 0 spiro atoms. The number of unbranched alkanes of at least 4 members (excludes halogenated alkanes) is 18. The van der Waals surface area contributed by atoms with E-state index in [9.17, 15) is 25.5 Å². The molecule has 36 heavy (non-hydrogen) atoms.